The number of halogens is 2. The highest BCUT2D eigenvalue weighted by molar-refractivity contribution is 6.30. The van der Waals surface area contributed by atoms with Crippen LogP contribution in [0.4, 0.5) is 4.39 Å². The van der Waals surface area contributed by atoms with E-state index in [9.17, 15) is 4.39 Å². The summed E-state index contributed by atoms with van der Waals surface area (Å²) in [4.78, 5) is 0. The summed E-state index contributed by atoms with van der Waals surface area (Å²) in [7, 11) is 0. The van der Waals surface area contributed by atoms with Gasteiger partial charge in [0.1, 0.15) is 5.75 Å². The van der Waals surface area contributed by atoms with Crippen LogP contribution in [0.2, 0.25) is 5.02 Å². The van der Waals surface area contributed by atoms with E-state index in [4.69, 9.17) is 16.3 Å². The molecule has 0 unspecified atom stereocenters. The van der Waals surface area contributed by atoms with E-state index in [1.54, 1.807) is 12.1 Å². The molecule has 0 saturated carbocycles. The van der Waals surface area contributed by atoms with Gasteiger partial charge in [0.2, 0.25) is 0 Å². The van der Waals surface area contributed by atoms with Gasteiger partial charge in [0.15, 0.2) is 11.6 Å². The largest absolute Gasteiger partial charge is 0.454 e. The van der Waals surface area contributed by atoms with E-state index in [-0.39, 0.29) is 10.8 Å². The highest BCUT2D eigenvalue weighted by Crippen LogP contribution is 2.30. The number of hydrogen-bond donors (Lipinski definition) is 1. The first-order valence-electron chi connectivity index (χ1n) is 6.54. The molecular formula is C16H17ClFNO. The van der Waals surface area contributed by atoms with Gasteiger partial charge in [-0.25, -0.2) is 4.39 Å². The molecule has 0 aromatic heterocycles. The van der Waals surface area contributed by atoms with Gasteiger partial charge in [-0.2, -0.15) is 0 Å². The molecule has 0 bridgehead atoms. The predicted molar refractivity (Wildman–Crippen MR) is 80.0 cm³/mol. The number of hydrogen-bond acceptors (Lipinski definition) is 2. The van der Waals surface area contributed by atoms with Crippen LogP contribution in [0.5, 0.6) is 11.5 Å². The van der Waals surface area contributed by atoms with Crippen LogP contribution in [0, 0.1) is 12.7 Å². The maximum Gasteiger partial charge on any atom is 0.184 e. The first kappa shape index (κ1) is 14.8. The summed E-state index contributed by atoms with van der Waals surface area (Å²) in [5.74, 6) is 0.233. The number of rotatable bonds is 5. The average molecular weight is 294 g/mol. The summed E-state index contributed by atoms with van der Waals surface area (Å²) in [5, 5.41) is 3.32. The van der Waals surface area contributed by atoms with Crippen molar-refractivity contribution in [3.05, 3.63) is 58.4 Å². The Morgan fingerprint density at radius 3 is 2.70 bits per heavy atom. The molecule has 106 valence electrons. The van der Waals surface area contributed by atoms with Gasteiger partial charge in [0.25, 0.3) is 0 Å². The Morgan fingerprint density at radius 2 is 2.00 bits per heavy atom. The van der Waals surface area contributed by atoms with Crippen LogP contribution in [0.25, 0.3) is 0 Å². The second-order valence-electron chi connectivity index (χ2n) is 4.53. The van der Waals surface area contributed by atoms with Crippen molar-refractivity contribution < 1.29 is 9.13 Å². The lowest BCUT2D eigenvalue weighted by atomic mass is 10.1. The maximum absolute atomic E-state index is 13.8. The fourth-order valence-electron chi connectivity index (χ4n) is 1.89. The van der Waals surface area contributed by atoms with Crippen molar-refractivity contribution in [2.75, 3.05) is 6.54 Å². The van der Waals surface area contributed by atoms with Crippen LogP contribution in [0.15, 0.2) is 36.4 Å². The third kappa shape index (κ3) is 3.50. The molecule has 0 spiro atoms. The van der Waals surface area contributed by atoms with Gasteiger partial charge in [-0.3, -0.25) is 0 Å². The molecule has 2 aromatic rings. The van der Waals surface area contributed by atoms with E-state index in [1.165, 1.54) is 11.6 Å². The van der Waals surface area contributed by atoms with Gasteiger partial charge < -0.3 is 10.1 Å². The van der Waals surface area contributed by atoms with Crippen LogP contribution in [-0.2, 0) is 6.54 Å². The van der Waals surface area contributed by atoms with Crippen LogP contribution < -0.4 is 10.1 Å². The van der Waals surface area contributed by atoms with Crippen molar-refractivity contribution in [3.8, 4) is 11.5 Å². The van der Waals surface area contributed by atoms with Gasteiger partial charge in [0.05, 0.1) is 5.02 Å². The van der Waals surface area contributed by atoms with Crippen LogP contribution in [-0.4, -0.2) is 6.54 Å². The molecular weight excluding hydrogens is 277 g/mol. The highest BCUT2D eigenvalue weighted by atomic mass is 35.5. The SMILES string of the molecule is CCNCc1ccc(Oc2cccc(Cl)c2F)c(C)c1. The number of aryl methyl sites for hydroxylation is 1. The van der Waals surface area contributed by atoms with Gasteiger partial charge in [-0.1, -0.05) is 36.7 Å². The third-order valence-electron chi connectivity index (χ3n) is 2.95. The van der Waals surface area contributed by atoms with Gasteiger partial charge >= 0.3 is 0 Å². The molecule has 0 heterocycles. The molecule has 0 aliphatic rings. The molecule has 0 amide bonds. The van der Waals surface area contributed by atoms with E-state index >= 15 is 0 Å². The molecule has 4 heteroatoms. The number of benzene rings is 2. The van der Waals surface area contributed by atoms with E-state index in [1.807, 2.05) is 25.1 Å². The molecule has 0 atom stereocenters. The predicted octanol–water partition coefficient (Wildman–Crippen LogP) is 4.69. The van der Waals surface area contributed by atoms with Crippen molar-refractivity contribution in [2.45, 2.75) is 20.4 Å². The summed E-state index contributed by atoms with van der Waals surface area (Å²) in [5.41, 5.74) is 2.13. The Kier molecular flexibility index (Phi) is 4.99. The number of ether oxygens (including phenoxy) is 1. The molecule has 2 rings (SSSR count). The zero-order chi connectivity index (χ0) is 14.5. The van der Waals surface area contributed by atoms with Crippen LogP contribution in [0.3, 0.4) is 0 Å². The quantitative estimate of drug-likeness (QED) is 0.863. The summed E-state index contributed by atoms with van der Waals surface area (Å²) < 4.78 is 19.4. The van der Waals surface area contributed by atoms with E-state index < -0.39 is 5.82 Å². The Balaban J connectivity index is 2.19. The molecule has 20 heavy (non-hydrogen) atoms. The third-order valence-corrected chi connectivity index (χ3v) is 3.25. The topological polar surface area (TPSA) is 21.3 Å². The minimum atomic E-state index is -0.537. The minimum Gasteiger partial charge on any atom is -0.454 e. The zero-order valence-electron chi connectivity index (χ0n) is 11.5. The standard InChI is InChI=1S/C16H17ClFNO/c1-3-19-10-12-7-8-14(11(2)9-12)20-15-6-4-5-13(17)16(15)18/h4-9,19H,3,10H2,1-2H3. The second-order valence-corrected chi connectivity index (χ2v) is 4.94. The van der Waals surface area contributed by atoms with Crippen molar-refractivity contribution in [2.24, 2.45) is 0 Å². The first-order chi connectivity index (χ1) is 9.61. The summed E-state index contributed by atoms with van der Waals surface area (Å²) in [6, 6.07) is 10.6. The van der Waals surface area contributed by atoms with E-state index in [0.29, 0.717) is 5.75 Å². The zero-order valence-corrected chi connectivity index (χ0v) is 12.3. The minimum absolute atomic E-state index is 0.0592. The van der Waals surface area contributed by atoms with Gasteiger partial charge in [-0.05, 0) is 42.8 Å². The van der Waals surface area contributed by atoms with Gasteiger partial charge in [-0.15, -0.1) is 0 Å². The van der Waals surface area contributed by atoms with E-state index in [0.717, 1.165) is 18.7 Å². The van der Waals surface area contributed by atoms with Crippen LogP contribution >= 0.6 is 11.6 Å². The van der Waals surface area contributed by atoms with Crippen molar-refractivity contribution >= 4 is 11.6 Å². The molecule has 1 N–H and O–H groups in total. The normalized spacial score (nSPS) is 10.6. The lowest BCUT2D eigenvalue weighted by Gasteiger charge is -2.11. The molecule has 0 aliphatic carbocycles. The Morgan fingerprint density at radius 1 is 1.20 bits per heavy atom. The van der Waals surface area contributed by atoms with Crippen molar-refractivity contribution in [3.63, 3.8) is 0 Å². The van der Waals surface area contributed by atoms with Crippen molar-refractivity contribution in [1.29, 1.82) is 0 Å². The van der Waals surface area contributed by atoms with Crippen molar-refractivity contribution in [1.82, 2.24) is 5.32 Å². The molecule has 0 saturated heterocycles. The lowest BCUT2D eigenvalue weighted by molar-refractivity contribution is 0.439. The monoisotopic (exact) mass is 293 g/mol. The number of nitrogens with one attached hydrogen (secondary N) is 1. The Bertz CT molecular complexity index is 601. The molecule has 0 fully saturated rings. The smallest absolute Gasteiger partial charge is 0.184 e. The highest BCUT2D eigenvalue weighted by Gasteiger charge is 2.10. The van der Waals surface area contributed by atoms with Crippen LogP contribution in [0.1, 0.15) is 18.1 Å². The summed E-state index contributed by atoms with van der Waals surface area (Å²) in [6.07, 6.45) is 0. The molecule has 0 radical (unpaired) electrons. The maximum atomic E-state index is 13.8. The Labute approximate surface area is 123 Å². The van der Waals surface area contributed by atoms with Gasteiger partial charge in [0, 0.05) is 6.54 Å². The Hall–Kier alpha value is -1.58. The second kappa shape index (κ2) is 6.73. The fourth-order valence-corrected chi connectivity index (χ4v) is 2.05. The first-order valence-corrected chi connectivity index (χ1v) is 6.91. The summed E-state index contributed by atoms with van der Waals surface area (Å²) >= 11 is 5.74. The average Bonchev–Trinajstić information content (AvgIpc) is 2.44. The summed E-state index contributed by atoms with van der Waals surface area (Å²) in [6.45, 7) is 5.73. The molecule has 2 nitrogen and oxygen atoms in total. The van der Waals surface area contributed by atoms with E-state index in [2.05, 4.69) is 12.2 Å². The molecule has 2 aromatic carbocycles. The molecule has 0 aliphatic heterocycles. The lowest BCUT2D eigenvalue weighted by Crippen LogP contribution is -2.11. The fraction of sp³-hybridized carbons (Fsp3) is 0.250.